The van der Waals surface area contributed by atoms with Gasteiger partial charge in [-0.15, -0.1) is 0 Å². The molecule has 0 bridgehead atoms. The molecule has 2 aromatic rings. The maximum Gasteiger partial charge on any atom is 0.244 e. The molecule has 0 aliphatic heterocycles. The number of sulfonamides is 1. The molecule has 0 saturated heterocycles. The van der Waals surface area contributed by atoms with Crippen molar-refractivity contribution in [3.63, 3.8) is 0 Å². The number of likely N-dealkylation sites (N-methyl/N-ethyl adjacent to an activating group) is 1. The molecule has 1 atom stereocenters. The Bertz CT molecular complexity index is 1000. The van der Waals surface area contributed by atoms with E-state index in [9.17, 15) is 18.0 Å². The number of rotatable bonds is 9. The standard InChI is InChI=1S/C23H31N3O4S/c1-6-20(23(28)24-4)25(15-19-13-8-7-9-14-19)21(27)16-26(31(5,29)30)22-17(2)11-10-12-18(22)3/h7-14,20H,6,15-16H2,1-5H3,(H,24,28)/t20-/m0/s1. The van der Waals surface area contributed by atoms with Gasteiger partial charge in [0, 0.05) is 13.6 Å². The van der Waals surface area contributed by atoms with Gasteiger partial charge in [-0.2, -0.15) is 0 Å². The number of para-hydroxylation sites is 1. The molecule has 168 valence electrons. The molecule has 0 aromatic heterocycles. The fourth-order valence-corrected chi connectivity index (χ4v) is 4.61. The maximum absolute atomic E-state index is 13.5. The van der Waals surface area contributed by atoms with E-state index < -0.39 is 22.0 Å². The van der Waals surface area contributed by atoms with Crippen molar-refractivity contribution in [1.29, 1.82) is 0 Å². The van der Waals surface area contributed by atoms with Gasteiger partial charge in [0.25, 0.3) is 0 Å². The number of nitrogens with zero attached hydrogens (tertiary/aromatic N) is 2. The molecule has 8 heteroatoms. The number of aryl methyl sites for hydroxylation is 2. The van der Waals surface area contributed by atoms with Crippen LogP contribution >= 0.6 is 0 Å². The third kappa shape index (κ3) is 6.07. The first-order chi connectivity index (χ1) is 14.6. The number of carbonyl (C=O) groups is 2. The van der Waals surface area contributed by atoms with Crippen molar-refractivity contribution in [2.24, 2.45) is 0 Å². The molecule has 0 saturated carbocycles. The van der Waals surface area contributed by atoms with Crippen LogP contribution in [0.25, 0.3) is 0 Å². The number of benzene rings is 2. The lowest BCUT2D eigenvalue weighted by Crippen LogP contribution is -2.51. The molecule has 1 N–H and O–H groups in total. The number of nitrogens with one attached hydrogen (secondary N) is 1. The number of hydrogen-bond acceptors (Lipinski definition) is 4. The SMILES string of the molecule is CC[C@@H](C(=O)NC)N(Cc1ccccc1)C(=O)CN(c1c(C)cccc1C)S(C)(=O)=O. The Morgan fingerprint density at radius 1 is 1.00 bits per heavy atom. The first-order valence-corrected chi connectivity index (χ1v) is 12.0. The van der Waals surface area contributed by atoms with Crippen LogP contribution in [0.5, 0.6) is 0 Å². The van der Waals surface area contributed by atoms with Gasteiger partial charge in [-0.25, -0.2) is 8.42 Å². The molecule has 0 aliphatic rings. The molecular weight excluding hydrogens is 414 g/mol. The number of amides is 2. The van der Waals surface area contributed by atoms with Crippen molar-refractivity contribution in [2.45, 2.75) is 39.8 Å². The van der Waals surface area contributed by atoms with Gasteiger partial charge in [0.05, 0.1) is 11.9 Å². The quantitative estimate of drug-likeness (QED) is 0.643. The highest BCUT2D eigenvalue weighted by atomic mass is 32.2. The normalized spacial score (nSPS) is 12.2. The van der Waals surface area contributed by atoms with Gasteiger partial charge < -0.3 is 10.2 Å². The third-order valence-corrected chi connectivity index (χ3v) is 6.31. The average molecular weight is 446 g/mol. The predicted octanol–water partition coefficient (Wildman–Crippen LogP) is 2.62. The van der Waals surface area contributed by atoms with Crippen molar-refractivity contribution in [2.75, 3.05) is 24.2 Å². The summed E-state index contributed by atoms with van der Waals surface area (Å²) in [6.45, 7) is 5.27. The van der Waals surface area contributed by atoms with Crippen LogP contribution in [0.4, 0.5) is 5.69 Å². The Morgan fingerprint density at radius 3 is 2.06 bits per heavy atom. The second kappa shape index (κ2) is 10.4. The van der Waals surface area contributed by atoms with E-state index in [2.05, 4.69) is 5.32 Å². The fraction of sp³-hybridized carbons (Fsp3) is 0.391. The molecule has 31 heavy (non-hydrogen) atoms. The van der Waals surface area contributed by atoms with E-state index in [0.717, 1.165) is 27.3 Å². The highest BCUT2D eigenvalue weighted by Gasteiger charge is 2.32. The predicted molar refractivity (Wildman–Crippen MR) is 123 cm³/mol. The first-order valence-electron chi connectivity index (χ1n) is 10.2. The van der Waals surface area contributed by atoms with Crippen molar-refractivity contribution in [1.82, 2.24) is 10.2 Å². The summed E-state index contributed by atoms with van der Waals surface area (Å²) in [6.07, 6.45) is 1.49. The molecule has 0 unspecified atom stereocenters. The van der Waals surface area contributed by atoms with Gasteiger partial charge in [-0.05, 0) is 37.0 Å². The molecule has 0 fully saturated rings. The van der Waals surface area contributed by atoms with Crippen LogP contribution in [0.3, 0.4) is 0 Å². The number of carbonyl (C=O) groups excluding carboxylic acids is 2. The van der Waals surface area contributed by atoms with Crippen LogP contribution < -0.4 is 9.62 Å². The van der Waals surface area contributed by atoms with Crippen LogP contribution in [0.1, 0.15) is 30.0 Å². The molecule has 2 aromatic carbocycles. The minimum absolute atomic E-state index is 0.204. The van der Waals surface area contributed by atoms with E-state index in [4.69, 9.17) is 0 Å². The topological polar surface area (TPSA) is 86.8 Å². The van der Waals surface area contributed by atoms with E-state index in [1.54, 1.807) is 0 Å². The van der Waals surface area contributed by atoms with Crippen molar-refractivity contribution >= 4 is 27.5 Å². The van der Waals surface area contributed by atoms with Gasteiger partial charge in [-0.1, -0.05) is 55.5 Å². The Morgan fingerprint density at radius 2 is 1.58 bits per heavy atom. The van der Waals surface area contributed by atoms with Crippen molar-refractivity contribution in [3.8, 4) is 0 Å². The molecule has 0 spiro atoms. The average Bonchev–Trinajstić information content (AvgIpc) is 2.72. The lowest BCUT2D eigenvalue weighted by atomic mass is 10.1. The van der Waals surface area contributed by atoms with E-state index in [1.165, 1.54) is 11.9 Å². The lowest BCUT2D eigenvalue weighted by molar-refractivity contribution is -0.140. The Kier molecular flexibility index (Phi) is 8.21. The number of hydrogen-bond donors (Lipinski definition) is 1. The van der Waals surface area contributed by atoms with Gasteiger partial charge in [0.15, 0.2) is 0 Å². The summed E-state index contributed by atoms with van der Waals surface area (Å²) in [6, 6.07) is 14.1. The fourth-order valence-electron chi connectivity index (χ4n) is 3.64. The second-order valence-corrected chi connectivity index (χ2v) is 9.46. The summed E-state index contributed by atoms with van der Waals surface area (Å²) in [5, 5.41) is 2.61. The van der Waals surface area contributed by atoms with E-state index >= 15 is 0 Å². The summed E-state index contributed by atoms with van der Waals surface area (Å²) in [5.41, 5.74) is 2.86. The molecule has 2 rings (SSSR count). The largest absolute Gasteiger partial charge is 0.357 e. The zero-order valence-electron chi connectivity index (χ0n) is 18.8. The maximum atomic E-state index is 13.5. The van der Waals surface area contributed by atoms with E-state index in [0.29, 0.717) is 12.1 Å². The molecule has 2 amide bonds. The number of anilines is 1. The summed E-state index contributed by atoms with van der Waals surface area (Å²) in [4.78, 5) is 27.4. The van der Waals surface area contributed by atoms with E-state index in [1.807, 2.05) is 69.3 Å². The van der Waals surface area contributed by atoms with Crippen LogP contribution in [0.15, 0.2) is 48.5 Å². The summed E-state index contributed by atoms with van der Waals surface area (Å²) < 4.78 is 26.4. The Labute approximate surface area is 185 Å². The lowest BCUT2D eigenvalue weighted by Gasteiger charge is -2.33. The molecule has 0 radical (unpaired) electrons. The summed E-state index contributed by atoms with van der Waals surface area (Å²) in [7, 11) is -2.21. The van der Waals surface area contributed by atoms with Gasteiger partial charge in [0.2, 0.25) is 21.8 Å². The minimum atomic E-state index is -3.74. The van der Waals surface area contributed by atoms with Crippen LogP contribution in [-0.4, -0.2) is 51.0 Å². The van der Waals surface area contributed by atoms with Crippen LogP contribution in [0, 0.1) is 13.8 Å². The molecule has 0 heterocycles. The monoisotopic (exact) mass is 445 g/mol. The third-order valence-electron chi connectivity index (χ3n) is 5.20. The molecular formula is C23H31N3O4S. The van der Waals surface area contributed by atoms with Crippen molar-refractivity contribution in [3.05, 3.63) is 65.2 Å². The Balaban J connectivity index is 2.47. The van der Waals surface area contributed by atoms with Gasteiger partial charge >= 0.3 is 0 Å². The highest BCUT2D eigenvalue weighted by Crippen LogP contribution is 2.27. The Hall–Kier alpha value is -2.87. The van der Waals surface area contributed by atoms with Crippen molar-refractivity contribution < 1.29 is 18.0 Å². The molecule has 0 aliphatic carbocycles. The molecule has 7 nitrogen and oxygen atoms in total. The minimum Gasteiger partial charge on any atom is -0.357 e. The van der Waals surface area contributed by atoms with Gasteiger partial charge in [0.1, 0.15) is 12.6 Å². The van der Waals surface area contributed by atoms with Gasteiger partial charge in [-0.3, -0.25) is 13.9 Å². The summed E-state index contributed by atoms with van der Waals surface area (Å²) in [5.74, 6) is -0.725. The first kappa shape index (κ1) is 24.4. The van der Waals surface area contributed by atoms with E-state index in [-0.39, 0.29) is 19.0 Å². The second-order valence-electron chi connectivity index (χ2n) is 7.56. The highest BCUT2D eigenvalue weighted by molar-refractivity contribution is 7.92. The summed E-state index contributed by atoms with van der Waals surface area (Å²) >= 11 is 0. The zero-order chi connectivity index (χ0) is 23.2. The zero-order valence-corrected chi connectivity index (χ0v) is 19.6. The van der Waals surface area contributed by atoms with Crippen LogP contribution in [-0.2, 0) is 26.2 Å². The van der Waals surface area contributed by atoms with Crippen LogP contribution in [0.2, 0.25) is 0 Å². The smallest absolute Gasteiger partial charge is 0.244 e.